The van der Waals surface area contributed by atoms with E-state index in [4.69, 9.17) is 10.5 Å². The molecule has 3 aromatic carbocycles. The fourth-order valence-electron chi connectivity index (χ4n) is 3.29. The summed E-state index contributed by atoms with van der Waals surface area (Å²) in [7, 11) is 0. The quantitative estimate of drug-likeness (QED) is 0.525. The van der Waals surface area contributed by atoms with Crippen LogP contribution in [0.3, 0.4) is 0 Å². The lowest BCUT2D eigenvalue weighted by Crippen LogP contribution is -2.43. The molecule has 0 bridgehead atoms. The molecule has 0 saturated carbocycles. The van der Waals surface area contributed by atoms with Crippen molar-refractivity contribution >= 4 is 11.9 Å². The molecule has 0 saturated heterocycles. The minimum atomic E-state index is -0.772. The highest BCUT2D eigenvalue weighted by molar-refractivity contribution is 5.84. The molecule has 0 heterocycles. The molecule has 5 nitrogen and oxygen atoms in total. The van der Waals surface area contributed by atoms with Gasteiger partial charge in [-0.1, -0.05) is 91.0 Å². The fourth-order valence-corrected chi connectivity index (χ4v) is 3.29. The Hall–Kier alpha value is -3.44. The van der Waals surface area contributed by atoms with Gasteiger partial charge in [-0.15, -0.1) is 0 Å². The van der Waals surface area contributed by atoms with Gasteiger partial charge in [-0.2, -0.15) is 0 Å². The van der Waals surface area contributed by atoms with E-state index in [1.54, 1.807) is 0 Å². The first-order chi connectivity index (χ1) is 14.6. The van der Waals surface area contributed by atoms with Gasteiger partial charge in [0.1, 0.15) is 12.6 Å². The minimum Gasteiger partial charge on any atom is -0.460 e. The Kier molecular flexibility index (Phi) is 7.75. The van der Waals surface area contributed by atoms with Gasteiger partial charge in [0.25, 0.3) is 0 Å². The Morgan fingerprint density at radius 3 is 1.60 bits per heavy atom. The first-order valence-corrected chi connectivity index (χ1v) is 9.92. The number of primary amides is 1. The van der Waals surface area contributed by atoms with Crippen LogP contribution >= 0.6 is 0 Å². The summed E-state index contributed by atoms with van der Waals surface area (Å²) in [5.74, 6) is -0.993. The second-order valence-corrected chi connectivity index (χ2v) is 7.16. The minimum absolute atomic E-state index is 0.104. The summed E-state index contributed by atoms with van der Waals surface area (Å²) in [5.41, 5.74) is 8.46. The zero-order valence-electron chi connectivity index (χ0n) is 16.8. The Labute approximate surface area is 177 Å². The van der Waals surface area contributed by atoms with E-state index in [2.05, 4.69) is 0 Å². The van der Waals surface area contributed by atoms with Crippen molar-refractivity contribution in [2.24, 2.45) is 5.73 Å². The highest BCUT2D eigenvalue weighted by Gasteiger charge is 2.29. The maximum absolute atomic E-state index is 13.0. The molecule has 0 fully saturated rings. The Morgan fingerprint density at radius 2 is 1.17 bits per heavy atom. The number of ether oxygens (including phenoxy) is 1. The summed E-state index contributed by atoms with van der Waals surface area (Å²) in [6.07, 6.45) is -0.104. The summed E-state index contributed by atoms with van der Waals surface area (Å²) in [4.78, 5) is 26.7. The van der Waals surface area contributed by atoms with Crippen molar-refractivity contribution in [3.63, 3.8) is 0 Å². The SMILES string of the molecule is NC(=O)C[C@@H](C(=O)OCc1ccccc1)N(Cc1ccccc1)Cc1ccccc1. The van der Waals surface area contributed by atoms with Crippen molar-refractivity contribution in [3.8, 4) is 0 Å². The highest BCUT2D eigenvalue weighted by atomic mass is 16.5. The molecule has 0 aliphatic carbocycles. The molecule has 0 aromatic heterocycles. The molecule has 1 atom stereocenters. The largest absolute Gasteiger partial charge is 0.460 e. The summed E-state index contributed by atoms with van der Waals surface area (Å²) in [6, 6.07) is 28.4. The number of rotatable bonds is 10. The van der Waals surface area contributed by atoms with Crippen molar-refractivity contribution in [1.82, 2.24) is 4.90 Å². The van der Waals surface area contributed by atoms with Gasteiger partial charge >= 0.3 is 5.97 Å². The van der Waals surface area contributed by atoms with Gasteiger partial charge in [0.15, 0.2) is 0 Å². The van der Waals surface area contributed by atoms with Crippen molar-refractivity contribution in [3.05, 3.63) is 108 Å². The number of nitrogens with two attached hydrogens (primary N) is 1. The van der Waals surface area contributed by atoms with Crippen molar-refractivity contribution in [1.29, 1.82) is 0 Å². The lowest BCUT2D eigenvalue weighted by molar-refractivity contribution is -0.153. The summed E-state index contributed by atoms with van der Waals surface area (Å²) in [6.45, 7) is 1.14. The molecule has 5 heteroatoms. The number of amides is 1. The molecule has 0 spiro atoms. The van der Waals surface area contributed by atoms with Gasteiger partial charge in [-0.3, -0.25) is 14.5 Å². The van der Waals surface area contributed by atoms with Crippen molar-refractivity contribution in [2.75, 3.05) is 0 Å². The Balaban J connectivity index is 1.81. The molecular weight excluding hydrogens is 376 g/mol. The molecule has 2 N–H and O–H groups in total. The molecular formula is C25H26N2O3. The van der Waals surface area contributed by atoms with Crippen LogP contribution in [0.4, 0.5) is 0 Å². The molecule has 3 aromatic rings. The number of nitrogens with zero attached hydrogens (tertiary/aromatic N) is 1. The van der Waals surface area contributed by atoms with Gasteiger partial charge in [0.05, 0.1) is 6.42 Å². The average Bonchev–Trinajstić information content (AvgIpc) is 2.77. The molecule has 0 unspecified atom stereocenters. The van der Waals surface area contributed by atoms with E-state index in [1.165, 1.54) is 0 Å². The predicted molar refractivity (Wildman–Crippen MR) is 116 cm³/mol. The molecule has 0 aliphatic heterocycles. The van der Waals surface area contributed by atoms with Crippen LogP contribution in [0.5, 0.6) is 0 Å². The summed E-state index contributed by atoms with van der Waals surface area (Å²) < 4.78 is 5.56. The fraction of sp³-hybridized carbons (Fsp3) is 0.200. The van der Waals surface area contributed by atoms with Gasteiger partial charge in [0.2, 0.25) is 5.91 Å². The topological polar surface area (TPSA) is 72.6 Å². The zero-order chi connectivity index (χ0) is 21.2. The zero-order valence-corrected chi connectivity index (χ0v) is 16.8. The van der Waals surface area contributed by atoms with Gasteiger partial charge in [0, 0.05) is 13.1 Å². The number of carbonyl (C=O) groups is 2. The normalized spacial score (nSPS) is 11.8. The number of esters is 1. The molecule has 1 amide bonds. The van der Waals surface area contributed by atoms with Crippen molar-refractivity contribution < 1.29 is 14.3 Å². The number of carbonyl (C=O) groups excluding carboxylic acids is 2. The number of hydrogen-bond donors (Lipinski definition) is 1. The monoisotopic (exact) mass is 402 g/mol. The first kappa shape index (κ1) is 21.3. The Bertz CT molecular complexity index is 889. The molecule has 0 aliphatic rings. The van der Waals surface area contributed by atoms with Crippen LogP contribution in [-0.4, -0.2) is 22.8 Å². The van der Waals surface area contributed by atoms with E-state index in [9.17, 15) is 9.59 Å². The van der Waals surface area contributed by atoms with Crippen LogP contribution in [0.15, 0.2) is 91.0 Å². The summed E-state index contributed by atoms with van der Waals surface area (Å²) >= 11 is 0. The summed E-state index contributed by atoms with van der Waals surface area (Å²) in [5, 5.41) is 0. The van der Waals surface area contributed by atoms with Crippen molar-refractivity contribution in [2.45, 2.75) is 32.2 Å². The van der Waals surface area contributed by atoms with E-state index < -0.39 is 17.9 Å². The van der Waals surface area contributed by atoms with Crippen LogP contribution in [0.1, 0.15) is 23.1 Å². The molecule has 3 rings (SSSR count). The van der Waals surface area contributed by atoms with E-state index in [1.807, 2.05) is 95.9 Å². The van der Waals surface area contributed by atoms with Crippen LogP contribution in [0.25, 0.3) is 0 Å². The lowest BCUT2D eigenvalue weighted by Gasteiger charge is -2.30. The molecule has 0 radical (unpaired) electrons. The molecule has 30 heavy (non-hydrogen) atoms. The van der Waals surface area contributed by atoms with Gasteiger partial charge in [-0.05, 0) is 16.7 Å². The van der Waals surface area contributed by atoms with Crippen LogP contribution in [0.2, 0.25) is 0 Å². The number of benzene rings is 3. The number of hydrogen-bond acceptors (Lipinski definition) is 4. The van der Waals surface area contributed by atoms with Gasteiger partial charge < -0.3 is 10.5 Å². The highest BCUT2D eigenvalue weighted by Crippen LogP contribution is 2.17. The third-order valence-corrected chi connectivity index (χ3v) is 4.79. The third kappa shape index (κ3) is 6.57. The Morgan fingerprint density at radius 1 is 0.733 bits per heavy atom. The maximum atomic E-state index is 13.0. The van der Waals surface area contributed by atoms with Gasteiger partial charge in [-0.25, -0.2) is 0 Å². The third-order valence-electron chi connectivity index (χ3n) is 4.79. The molecule has 154 valence electrons. The lowest BCUT2D eigenvalue weighted by atomic mass is 10.1. The second-order valence-electron chi connectivity index (χ2n) is 7.16. The first-order valence-electron chi connectivity index (χ1n) is 9.92. The van der Waals surface area contributed by atoms with E-state index in [0.717, 1.165) is 16.7 Å². The van der Waals surface area contributed by atoms with E-state index in [-0.39, 0.29) is 13.0 Å². The smallest absolute Gasteiger partial charge is 0.324 e. The van der Waals surface area contributed by atoms with Crippen LogP contribution in [-0.2, 0) is 34.0 Å². The van der Waals surface area contributed by atoms with E-state index in [0.29, 0.717) is 13.1 Å². The second kappa shape index (κ2) is 10.9. The van der Waals surface area contributed by atoms with Crippen LogP contribution < -0.4 is 5.73 Å². The standard InChI is InChI=1S/C25H26N2O3/c26-24(28)16-23(25(29)30-19-22-14-8-3-9-15-22)27(17-20-10-4-1-5-11-20)18-21-12-6-2-7-13-21/h1-15,23H,16-19H2,(H2,26,28)/t23-/m0/s1. The average molecular weight is 402 g/mol. The predicted octanol–water partition coefficient (Wildman–Crippen LogP) is 3.68. The van der Waals surface area contributed by atoms with Crippen LogP contribution in [0, 0.1) is 0 Å². The maximum Gasteiger partial charge on any atom is 0.324 e. The van der Waals surface area contributed by atoms with E-state index >= 15 is 0 Å².